The van der Waals surface area contributed by atoms with Gasteiger partial charge in [0.2, 0.25) is 0 Å². The molecule has 0 radical (unpaired) electrons. The molecule has 140 valence electrons. The molecule has 3 rings (SSSR count). The first kappa shape index (κ1) is 18.9. The van der Waals surface area contributed by atoms with Crippen molar-refractivity contribution in [1.82, 2.24) is 10.2 Å². The number of allylic oxidation sites excluding steroid dienone is 2. The average molecular weight is 364 g/mol. The van der Waals surface area contributed by atoms with Crippen LogP contribution in [-0.4, -0.2) is 23.9 Å². The molecule has 1 aliphatic heterocycles. The topological polar surface area (TPSA) is 32.3 Å². The summed E-state index contributed by atoms with van der Waals surface area (Å²) in [5.74, 6) is 0.152. The molecule has 0 bridgehead atoms. The highest BCUT2D eigenvalue weighted by Gasteiger charge is 2.25. The molecule has 1 saturated heterocycles. The Balaban J connectivity index is 1.62. The van der Waals surface area contributed by atoms with E-state index in [0.29, 0.717) is 17.0 Å². The van der Waals surface area contributed by atoms with Crippen LogP contribution >= 0.6 is 0 Å². The third-order valence-electron chi connectivity index (χ3n) is 5.03. The highest BCUT2D eigenvalue weighted by molar-refractivity contribution is 5.94. The van der Waals surface area contributed by atoms with Gasteiger partial charge in [0.15, 0.2) is 0 Å². The van der Waals surface area contributed by atoms with Gasteiger partial charge in [-0.3, -0.25) is 4.79 Å². The maximum atomic E-state index is 13.9. The molecule has 4 heteroatoms. The standard InChI is InChI=1S/C23H25FN2O/c1-3-14-25-17(2)18-12-15-26(16-13-18)23(27)20-10-8-19(9-11-20)21-6-4-5-7-22(21)24/h3-11,14,18,25H,2,12-13,15-16H2,1H3/b14-3-. The zero-order valence-electron chi connectivity index (χ0n) is 15.6. The molecular weight excluding hydrogens is 339 g/mol. The van der Waals surface area contributed by atoms with Crippen molar-refractivity contribution >= 4 is 5.91 Å². The smallest absolute Gasteiger partial charge is 0.253 e. The minimum Gasteiger partial charge on any atom is -0.366 e. The lowest BCUT2D eigenvalue weighted by molar-refractivity contribution is 0.0701. The molecule has 0 unspecified atom stereocenters. The molecule has 27 heavy (non-hydrogen) atoms. The van der Waals surface area contributed by atoms with Gasteiger partial charge in [-0.25, -0.2) is 4.39 Å². The number of piperidine rings is 1. The Bertz CT molecular complexity index is 834. The van der Waals surface area contributed by atoms with Crippen molar-refractivity contribution in [1.29, 1.82) is 0 Å². The van der Waals surface area contributed by atoms with Gasteiger partial charge in [0.25, 0.3) is 5.91 Å². The Labute approximate surface area is 160 Å². The second kappa shape index (κ2) is 8.67. The van der Waals surface area contributed by atoms with Crippen molar-refractivity contribution in [3.8, 4) is 11.1 Å². The van der Waals surface area contributed by atoms with Crippen molar-refractivity contribution < 1.29 is 9.18 Å². The summed E-state index contributed by atoms with van der Waals surface area (Å²) in [4.78, 5) is 14.7. The molecule has 1 N–H and O–H groups in total. The van der Waals surface area contributed by atoms with Crippen LogP contribution in [0.1, 0.15) is 30.1 Å². The van der Waals surface area contributed by atoms with Crippen molar-refractivity contribution in [2.24, 2.45) is 5.92 Å². The second-order valence-corrected chi connectivity index (χ2v) is 6.79. The highest BCUT2D eigenvalue weighted by Crippen LogP contribution is 2.25. The summed E-state index contributed by atoms with van der Waals surface area (Å²) < 4.78 is 13.9. The van der Waals surface area contributed by atoms with Crippen molar-refractivity contribution in [3.63, 3.8) is 0 Å². The molecular formula is C23H25FN2O. The number of carbonyl (C=O) groups excluding carboxylic acids is 1. The summed E-state index contributed by atoms with van der Waals surface area (Å²) in [5, 5.41) is 3.19. The number of carbonyl (C=O) groups is 1. The van der Waals surface area contributed by atoms with Gasteiger partial charge in [-0.05, 0) is 49.7 Å². The number of nitrogens with one attached hydrogen (secondary N) is 1. The van der Waals surface area contributed by atoms with E-state index in [2.05, 4.69) is 11.9 Å². The van der Waals surface area contributed by atoms with Crippen LogP contribution in [0.2, 0.25) is 0 Å². The van der Waals surface area contributed by atoms with Crippen LogP contribution in [0.3, 0.4) is 0 Å². The number of halogens is 1. The molecule has 1 amide bonds. The number of hydrogen-bond acceptors (Lipinski definition) is 2. The summed E-state index contributed by atoms with van der Waals surface area (Å²) in [6.07, 6.45) is 5.64. The van der Waals surface area contributed by atoms with Crippen molar-refractivity contribution in [2.45, 2.75) is 19.8 Å². The van der Waals surface area contributed by atoms with Crippen molar-refractivity contribution in [3.05, 3.63) is 84.5 Å². The second-order valence-electron chi connectivity index (χ2n) is 6.79. The summed E-state index contributed by atoms with van der Waals surface area (Å²) in [7, 11) is 0. The maximum Gasteiger partial charge on any atom is 0.253 e. The molecule has 3 nitrogen and oxygen atoms in total. The summed E-state index contributed by atoms with van der Waals surface area (Å²) >= 11 is 0. The quantitative estimate of drug-likeness (QED) is 0.811. The summed E-state index contributed by atoms with van der Waals surface area (Å²) in [5.41, 5.74) is 2.97. The Morgan fingerprint density at radius 3 is 2.44 bits per heavy atom. The fourth-order valence-electron chi connectivity index (χ4n) is 3.41. The minimum absolute atomic E-state index is 0.0283. The van der Waals surface area contributed by atoms with E-state index >= 15 is 0 Å². The molecule has 2 aromatic rings. The third-order valence-corrected chi connectivity index (χ3v) is 5.03. The Morgan fingerprint density at radius 1 is 1.15 bits per heavy atom. The molecule has 0 saturated carbocycles. The van der Waals surface area contributed by atoms with Gasteiger partial charge < -0.3 is 10.2 Å². The summed E-state index contributed by atoms with van der Waals surface area (Å²) in [6.45, 7) is 7.49. The van der Waals surface area contributed by atoms with Gasteiger partial charge in [-0.15, -0.1) is 0 Å². The first-order valence-electron chi connectivity index (χ1n) is 9.31. The summed E-state index contributed by atoms with van der Waals surface area (Å²) in [6, 6.07) is 13.8. The first-order chi connectivity index (χ1) is 13.1. The molecule has 1 heterocycles. The molecule has 1 aliphatic rings. The van der Waals surface area contributed by atoms with Crippen molar-refractivity contribution in [2.75, 3.05) is 13.1 Å². The van der Waals surface area contributed by atoms with Crippen LogP contribution in [0.15, 0.2) is 73.1 Å². The number of likely N-dealkylation sites (tertiary alicyclic amines) is 1. The van der Waals surface area contributed by atoms with E-state index in [-0.39, 0.29) is 11.7 Å². The van der Waals surface area contributed by atoms with E-state index in [1.54, 1.807) is 42.5 Å². The number of hydrogen-bond donors (Lipinski definition) is 1. The lowest BCUT2D eigenvalue weighted by Gasteiger charge is -2.33. The fourth-order valence-corrected chi connectivity index (χ4v) is 3.41. The predicted octanol–water partition coefficient (Wildman–Crippen LogP) is 4.98. The Kier molecular flexibility index (Phi) is 6.07. The van der Waals surface area contributed by atoms with Crippen LogP contribution < -0.4 is 5.32 Å². The average Bonchev–Trinajstić information content (AvgIpc) is 2.72. The van der Waals surface area contributed by atoms with E-state index in [1.165, 1.54) is 6.07 Å². The molecule has 0 aromatic heterocycles. The lowest BCUT2D eigenvalue weighted by atomic mass is 9.93. The number of benzene rings is 2. The fraction of sp³-hybridized carbons (Fsp3) is 0.261. The Morgan fingerprint density at radius 2 is 1.81 bits per heavy atom. The predicted molar refractivity (Wildman–Crippen MR) is 108 cm³/mol. The van der Waals surface area contributed by atoms with Crippen LogP contribution in [-0.2, 0) is 0 Å². The zero-order chi connectivity index (χ0) is 19.2. The van der Waals surface area contributed by atoms with Gasteiger partial charge >= 0.3 is 0 Å². The van der Waals surface area contributed by atoms with Crippen LogP contribution in [0.25, 0.3) is 11.1 Å². The highest BCUT2D eigenvalue weighted by atomic mass is 19.1. The van der Waals surface area contributed by atoms with Crippen LogP contribution in [0, 0.1) is 11.7 Å². The first-order valence-corrected chi connectivity index (χ1v) is 9.31. The SMILES string of the molecule is C=C(N/C=C\C)C1CCN(C(=O)c2ccc(-c3ccccc3F)cc2)CC1. The van der Waals surface area contributed by atoms with Crippen LogP contribution in [0.5, 0.6) is 0 Å². The molecule has 1 fully saturated rings. The molecule has 0 atom stereocenters. The van der Waals surface area contributed by atoms with Gasteiger partial charge in [0.05, 0.1) is 0 Å². The third kappa shape index (κ3) is 4.45. The zero-order valence-corrected chi connectivity index (χ0v) is 15.6. The number of nitrogens with zero attached hydrogens (tertiary/aromatic N) is 1. The van der Waals surface area contributed by atoms with Gasteiger partial charge in [-0.2, -0.15) is 0 Å². The molecule has 0 spiro atoms. The number of rotatable bonds is 5. The monoisotopic (exact) mass is 364 g/mol. The van der Waals surface area contributed by atoms with Gasteiger partial charge in [0, 0.05) is 35.8 Å². The van der Waals surface area contributed by atoms with E-state index in [4.69, 9.17) is 0 Å². The van der Waals surface area contributed by atoms with E-state index in [9.17, 15) is 9.18 Å². The normalized spacial score (nSPS) is 15.1. The Hall–Kier alpha value is -2.88. The van der Waals surface area contributed by atoms with Crippen LogP contribution in [0.4, 0.5) is 4.39 Å². The lowest BCUT2D eigenvalue weighted by Crippen LogP contribution is -2.39. The minimum atomic E-state index is -0.259. The van der Waals surface area contributed by atoms with Gasteiger partial charge in [-0.1, -0.05) is 43.0 Å². The maximum absolute atomic E-state index is 13.9. The van der Waals surface area contributed by atoms with Gasteiger partial charge in [0.1, 0.15) is 5.82 Å². The van der Waals surface area contributed by atoms with E-state index < -0.39 is 0 Å². The van der Waals surface area contributed by atoms with E-state index in [1.807, 2.05) is 24.1 Å². The molecule has 0 aliphatic carbocycles. The largest absolute Gasteiger partial charge is 0.366 e. The van der Waals surface area contributed by atoms with E-state index in [0.717, 1.165) is 37.2 Å². The molecule has 2 aromatic carbocycles. The number of amides is 1.